The minimum absolute atomic E-state index is 0.0262. The van der Waals surface area contributed by atoms with Gasteiger partial charge in [0.25, 0.3) is 0 Å². The Morgan fingerprint density at radius 2 is 2.40 bits per heavy atom. The average Bonchev–Trinajstić information content (AvgIpc) is 2.68. The number of carbonyl (C=O) groups excluding carboxylic acids is 1. The minimum atomic E-state index is -0.0897. The molecule has 2 N–H and O–H groups in total. The van der Waals surface area contributed by atoms with Gasteiger partial charge < -0.3 is 10.4 Å². The van der Waals surface area contributed by atoms with Crippen LogP contribution in [0.1, 0.15) is 19.8 Å². The van der Waals surface area contributed by atoms with Crippen molar-refractivity contribution in [1.29, 1.82) is 0 Å². The molecule has 0 radical (unpaired) electrons. The molecule has 3 heteroatoms. The van der Waals surface area contributed by atoms with Gasteiger partial charge >= 0.3 is 0 Å². The molecule has 3 nitrogen and oxygen atoms in total. The zero-order valence-electron chi connectivity index (χ0n) is 6.13. The van der Waals surface area contributed by atoms with Crippen LogP contribution in [0.4, 0.5) is 0 Å². The lowest BCUT2D eigenvalue weighted by Gasteiger charge is -2.09. The molecule has 1 aliphatic carbocycles. The van der Waals surface area contributed by atoms with Crippen LogP contribution in [-0.2, 0) is 4.79 Å². The molecule has 1 atom stereocenters. The fraction of sp³-hybridized carbons (Fsp3) is 0.857. The van der Waals surface area contributed by atoms with Gasteiger partial charge in [-0.2, -0.15) is 0 Å². The summed E-state index contributed by atoms with van der Waals surface area (Å²) >= 11 is 0. The number of amides is 1. The van der Waals surface area contributed by atoms with Crippen LogP contribution in [0.3, 0.4) is 0 Å². The first kappa shape index (κ1) is 7.54. The number of nitrogens with one attached hydrogen (secondary N) is 1. The monoisotopic (exact) mass is 143 g/mol. The molecule has 0 heterocycles. The second-order valence-corrected chi connectivity index (χ2v) is 2.87. The van der Waals surface area contributed by atoms with E-state index >= 15 is 0 Å². The van der Waals surface area contributed by atoms with Gasteiger partial charge in [0.15, 0.2) is 0 Å². The van der Waals surface area contributed by atoms with Gasteiger partial charge in [-0.1, -0.05) is 0 Å². The van der Waals surface area contributed by atoms with Crippen molar-refractivity contribution in [2.24, 2.45) is 5.92 Å². The smallest absolute Gasteiger partial charge is 0.223 e. The first-order valence-corrected chi connectivity index (χ1v) is 3.65. The molecule has 0 aromatic rings. The zero-order chi connectivity index (χ0) is 7.56. The number of hydrogen-bond donors (Lipinski definition) is 2. The van der Waals surface area contributed by atoms with Gasteiger partial charge in [0.05, 0.1) is 6.61 Å². The maximum absolute atomic E-state index is 11.0. The molecular formula is C7H13NO2. The number of rotatable bonds is 3. The van der Waals surface area contributed by atoms with Crippen LogP contribution in [0.15, 0.2) is 0 Å². The van der Waals surface area contributed by atoms with E-state index in [1.54, 1.807) is 6.92 Å². The van der Waals surface area contributed by atoms with Gasteiger partial charge in [0.1, 0.15) is 0 Å². The van der Waals surface area contributed by atoms with Crippen LogP contribution in [0.5, 0.6) is 0 Å². The van der Waals surface area contributed by atoms with Crippen molar-refractivity contribution in [2.45, 2.75) is 25.8 Å². The van der Waals surface area contributed by atoms with E-state index in [1.165, 1.54) is 0 Å². The second-order valence-electron chi connectivity index (χ2n) is 2.87. The van der Waals surface area contributed by atoms with Gasteiger partial charge in [-0.25, -0.2) is 0 Å². The third-order valence-electron chi connectivity index (χ3n) is 1.61. The van der Waals surface area contributed by atoms with Crippen molar-refractivity contribution in [3.63, 3.8) is 0 Å². The fourth-order valence-electron chi connectivity index (χ4n) is 0.752. The highest BCUT2D eigenvalue weighted by Gasteiger charge is 2.29. The molecule has 0 bridgehead atoms. The first-order valence-electron chi connectivity index (χ1n) is 3.65. The maximum Gasteiger partial charge on any atom is 0.223 e. The van der Waals surface area contributed by atoms with Crippen molar-refractivity contribution in [1.82, 2.24) is 5.32 Å². The maximum atomic E-state index is 11.0. The molecule has 1 rings (SSSR count). The molecule has 0 aliphatic heterocycles. The summed E-state index contributed by atoms with van der Waals surface area (Å²) in [5, 5.41) is 11.3. The van der Waals surface area contributed by atoms with Crippen LogP contribution in [0, 0.1) is 5.92 Å². The van der Waals surface area contributed by atoms with Gasteiger partial charge in [-0.15, -0.1) is 0 Å². The van der Waals surface area contributed by atoms with Gasteiger partial charge in [-0.05, 0) is 19.8 Å². The lowest BCUT2D eigenvalue weighted by molar-refractivity contribution is -0.123. The molecule has 1 aliphatic rings. The Labute approximate surface area is 60.4 Å². The Morgan fingerprint density at radius 3 is 2.80 bits per heavy atom. The molecule has 0 aromatic carbocycles. The summed E-state index contributed by atoms with van der Waals surface area (Å²) in [5.74, 6) is 0.343. The largest absolute Gasteiger partial charge is 0.394 e. The van der Waals surface area contributed by atoms with E-state index in [0.717, 1.165) is 12.8 Å². The summed E-state index contributed by atoms with van der Waals surface area (Å²) in [6, 6.07) is -0.0897. The van der Waals surface area contributed by atoms with Crippen molar-refractivity contribution < 1.29 is 9.90 Å². The molecule has 1 saturated carbocycles. The molecule has 0 saturated heterocycles. The van der Waals surface area contributed by atoms with Gasteiger partial charge in [-0.3, -0.25) is 4.79 Å². The van der Waals surface area contributed by atoms with E-state index in [0.29, 0.717) is 0 Å². The van der Waals surface area contributed by atoms with E-state index in [-0.39, 0.29) is 24.5 Å². The highest BCUT2D eigenvalue weighted by Crippen LogP contribution is 2.28. The first-order chi connectivity index (χ1) is 4.74. The van der Waals surface area contributed by atoms with E-state index in [4.69, 9.17) is 5.11 Å². The molecule has 1 fully saturated rings. The lowest BCUT2D eigenvalue weighted by atomic mass is 10.3. The summed E-state index contributed by atoms with van der Waals surface area (Å²) in [6.45, 7) is 1.82. The SMILES string of the molecule is C[C@H](CO)NC(=O)C1CC1. The fourth-order valence-corrected chi connectivity index (χ4v) is 0.752. The minimum Gasteiger partial charge on any atom is -0.394 e. The summed E-state index contributed by atoms with van der Waals surface area (Å²) in [7, 11) is 0. The molecule has 1 amide bonds. The summed E-state index contributed by atoms with van der Waals surface area (Å²) in [5.41, 5.74) is 0. The predicted molar refractivity (Wildman–Crippen MR) is 37.4 cm³/mol. The third kappa shape index (κ3) is 1.99. The Balaban J connectivity index is 2.16. The van der Waals surface area contributed by atoms with E-state index in [9.17, 15) is 4.79 Å². The normalized spacial score (nSPS) is 20.2. The topological polar surface area (TPSA) is 49.3 Å². The Morgan fingerprint density at radius 1 is 1.80 bits per heavy atom. The van der Waals surface area contributed by atoms with E-state index < -0.39 is 0 Å². The predicted octanol–water partition coefficient (Wildman–Crippen LogP) is -0.107. The summed E-state index contributed by atoms with van der Waals surface area (Å²) < 4.78 is 0. The van der Waals surface area contributed by atoms with Crippen LogP contribution in [-0.4, -0.2) is 23.7 Å². The van der Waals surface area contributed by atoms with Gasteiger partial charge in [0, 0.05) is 12.0 Å². The Hall–Kier alpha value is -0.570. The second kappa shape index (κ2) is 3.01. The number of aliphatic hydroxyl groups excluding tert-OH is 1. The number of hydrogen-bond acceptors (Lipinski definition) is 2. The van der Waals surface area contributed by atoms with Crippen LogP contribution in [0.25, 0.3) is 0 Å². The quantitative estimate of drug-likeness (QED) is 0.579. The summed E-state index contributed by atoms with van der Waals surface area (Å²) in [4.78, 5) is 11.0. The summed E-state index contributed by atoms with van der Waals surface area (Å²) in [6.07, 6.45) is 2.04. The van der Waals surface area contributed by atoms with Crippen molar-refractivity contribution in [3.05, 3.63) is 0 Å². The van der Waals surface area contributed by atoms with Crippen LogP contribution >= 0.6 is 0 Å². The number of carbonyl (C=O) groups is 1. The molecule has 10 heavy (non-hydrogen) atoms. The van der Waals surface area contributed by atoms with E-state index in [2.05, 4.69) is 5.32 Å². The van der Waals surface area contributed by atoms with Crippen LogP contribution in [0.2, 0.25) is 0 Å². The average molecular weight is 143 g/mol. The molecular weight excluding hydrogens is 130 g/mol. The van der Waals surface area contributed by atoms with Gasteiger partial charge in [0.2, 0.25) is 5.91 Å². The van der Waals surface area contributed by atoms with Crippen molar-refractivity contribution in [2.75, 3.05) is 6.61 Å². The Bertz CT molecular complexity index is 132. The third-order valence-corrected chi connectivity index (χ3v) is 1.61. The molecule has 0 unspecified atom stereocenters. The van der Waals surface area contributed by atoms with Crippen molar-refractivity contribution >= 4 is 5.91 Å². The lowest BCUT2D eigenvalue weighted by Crippen LogP contribution is -2.35. The zero-order valence-corrected chi connectivity index (χ0v) is 6.13. The van der Waals surface area contributed by atoms with Crippen LogP contribution < -0.4 is 5.32 Å². The van der Waals surface area contributed by atoms with E-state index in [1.807, 2.05) is 0 Å². The highest BCUT2D eigenvalue weighted by atomic mass is 16.3. The molecule has 0 aromatic heterocycles. The molecule has 0 spiro atoms. The standard InChI is InChI=1S/C7H13NO2/c1-5(4-9)8-7(10)6-2-3-6/h5-6,9H,2-4H2,1H3,(H,8,10)/t5-/m1/s1. The highest BCUT2D eigenvalue weighted by molar-refractivity contribution is 5.81. The number of aliphatic hydroxyl groups is 1. The Kier molecular flexibility index (Phi) is 2.27. The molecule has 58 valence electrons. The van der Waals surface area contributed by atoms with Crippen molar-refractivity contribution in [3.8, 4) is 0 Å².